The number of carbonyl (C=O) groups is 1. The van der Waals surface area contributed by atoms with Gasteiger partial charge in [0.05, 0.1) is 12.7 Å². The van der Waals surface area contributed by atoms with Crippen molar-refractivity contribution in [2.75, 3.05) is 38.2 Å². The molecule has 0 bridgehead atoms. The lowest BCUT2D eigenvalue weighted by Crippen LogP contribution is -2.48. The van der Waals surface area contributed by atoms with Crippen molar-refractivity contribution in [2.24, 2.45) is 0 Å². The summed E-state index contributed by atoms with van der Waals surface area (Å²) in [6.45, 7) is 2.70. The Morgan fingerprint density at radius 1 is 1.09 bits per heavy atom. The number of ether oxygens (including phenoxy) is 1. The summed E-state index contributed by atoms with van der Waals surface area (Å²) in [6.07, 6.45) is 1.54. The quantitative estimate of drug-likeness (QED) is 0.871. The second-order valence-corrected chi connectivity index (χ2v) is 5.34. The van der Waals surface area contributed by atoms with Gasteiger partial charge in [0.15, 0.2) is 0 Å². The number of benzene rings is 1. The molecule has 0 unspecified atom stereocenters. The largest absolute Gasteiger partial charge is 0.481 e. The molecule has 1 fully saturated rings. The molecule has 0 radical (unpaired) electrons. The molecule has 1 amide bonds. The summed E-state index contributed by atoms with van der Waals surface area (Å²) in [5, 5.41) is 0. The molecule has 0 N–H and O–H groups in total. The van der Waals surface area contributed by atoms with Crippen molar-refractivity contribution in [3.63, 3.8) is 0 Å². The maximum Gasteiger partial charge on any atom is 0.255 e. The molecule has 120 valence electrons. The topological polar surface area (TPSA) is 45.7 Å². The fraction of sp³-hybridized carbons (Fsp3) is 0.294. The number of hydrogen-bond acceptors (Lipinski definition) is 4. The fourth-order valence-corrected chi connectivity index (χ4v) is 2.63. The highest BCUT2D eigenvalue weighted by atomic mass is 19.1. The summed E-state index contributed by atoms with van der Waals surface area (Å²) < 4.78 is 18.0. The molecule has 3 rings (SSSR count). The van der Waals surface area contributed by atoms with Gasteiger partial charge < -0.3 is 14.5 Å². The molecule has 1 aromatic carbocycles. The minimum Gasteiger partial charge on any atom is -0.481 e. The van der Waals surface area contributed by atoms with Gasteiger partial charge in [-0.15, -0.1) is 0 Å². The first-order valence-electron chi connectivity index (χ1n) is 7.47. The highest BCUT2D eigenvalue weighted by molar-refractivity contribution is 5.94. The van der Waals surface area contributed by atoms with Crippen LogP contribution in [0.15, 0.2) is 42.6 Å². The molecule has 0 atom stereocenters. The van der Waals surface area contributed by atoms with E-state index in [1.165, 1.54) is 18.3 Å². The standard InChI is InChI=1S/C17H18FN3O2/c1-23-16-7-2-13(12-19-16)17(22)21-10-8-20(9-11-21)15-5-3-14(18)4-6-15/h2-7,12H,8-11H2,1H3. The fourth-order valence-electron chi connectivity index (χ4n) is 2.63. The van der Waals surface area contributed by atoms with E-state index in [2.05, 4.69) is 9.88 Å². The number of piperazine rings is 1. The zero-order valence-electron chi connectivity index (χ0n) is 12.9. The molecule has 0 saturated carbocycles. The van der Waals surface area contributed by atoms with E-state index in [9.17, 15) is 9.18 Å². The highest BCUT2D eigenvalue weighted by Gasteiger charge is 2.22. The van der Waals surface area contributed by atoms with Crippen LogP contribution in [-0.2, 0) is 0 Å². The number of anilines is 1. The van der Waals surface area contributed by atoms with E-state index >= 15 is 0 Å². The van der Waals surface area contributed by atoms with Crippen LogP contribution in [0.3, 0.4) is 0 Å². The molecule has 1 saturated heterocycles. The first kappa shape index (κ1) is 15.3. The van der Waals surface area contributed by atoms with Crippen molar-refractivity contribution in [2.45, 2.75) is 0 Å². The van der Waals surface area contributed by atoms with Crippen LogP contribution in [0.4, 0.5) is 10.1 Å². The van der Waals surface area contributed by atoms with Gasteiger partial charge in [0.2, 0.25) is 5.88 Å². The summed E-state index contributed by atoms with van der Waals surface area (Å²) in [6, 6.07) is 9.84. The van der Waals surface area contributed by atoms with Crippen LogP contribution in [-0.4, -0.2) is 49.1 Å². The molecule has 23 heavy (non-hydrogen) atoms. The molecule has 5 nitrogen and oxygen atoms in total. The molecule has 1 aliphatic rings. The third-order valence-corrected chi connectivity index (χ3v) is 3.95. The van der Waals surface area contributed by atoms with Crippen molar-refractivity contribution in [1.82, 2.24) is 9.88 Å². The second kappa shape index (κ2) is 6.64. The summed E-state index contributed by atoms with van der Waals surface area (Å²) in [5.74, 6) is 0.219. The van der Waals surface area contributed by atoms with Gasteiger partial charge in [-0.05, 0) is 30.3 Å². The number of pyridine rings is 1. The number of hydrogen-bond donors (Lipinski definition) is 0. The van der Waals surface area contributed by atoms with Crippen LogP contribution in [0.5, 0.6) is 5.88 Å². The predicted molar refractivity (Wildman–Crippen MR) is 85.3 cm³/mol. The molecule has 0 spiro atoms. The second-order valence-electron chi connectivity index (χ2n) is 5.34. The zero-order valence-corrected chi connectivity index (χ0v) is 12.9. The summed E-state index contributed by atoms with van der Waals surface area (Å²) in [4.78, 5) is 20.5. The van der Waals surface area contributed by atoms with Crippen LogP contribution < -0.4 is 9.64 Å². The molecule has 6 heteroatoms. The number of methoxy groups -OCH3 is 1. The van der Waals surface area contributed by atoms with Crippen molar-refractivity contribution in [1.29, 1.82) is 0 Å². The Balaban J connectivity index is 1.61. The molecule has 1 aromatic heterocycles. The van der Waals surface area contributed by atoms with E-state index < -0.39 is 0 Å². The first-order valence-corrected chi connectivity index (χ1v) is 7.47. The third kappa shape index (κ3) is 3.41. The predicted octanol–water partition coefficient (Wildman–Crippen LogP) is 2.19. The van der Waals surface area contributed by atoms with Crippen molar-refractivity contribution >= 4 is 11.6 Å². The molecule has 1 aliphatic heterocycles. The minimum absolute atomic E-state index is 0.0288. The molecule has 0 aliphatic carbocycles. The van der Waals surface area contributed by atoms with Gasteiger partial charge in [0.25, 0.3) is 5.91 Å². The van der Waals surface area contributed by atoms with Gasteiger partial charge in [-0.1, -0.05) is 0 Å². The van der Waals surface area contributed by atoms with Gasteiger partial charge in [0, 0.05) is 44.1 Å². The third-order valence-electron chi connectivity index (χ3n) is 3.95. The normalized spacial score (nSPS) is 14.7. The summed E-state index contributed by atoms with van der Waals surface area (Å²) in [5.41, 5.74) is 1.53. The number of nitrogens with zero attached hydrogens (tertiary/aromatic N) is 3. The average molecular weight is 315 g/mol. The Morgan fingerprint density at radius 3 is 2.35 bits per heavy atom. The van der Waals surface area contributed by atoms with Gasteiger partial charge in [-0.3, -0.25) is 4.79 Å². The summed E-state index contributed by atoms with van der Waals surface area (Å²) >= 11 is 0. The van der Waals surface area contributed by atoms with E-state index in [0.29, 0.717) is 24.5 Å². The number of rotatable bonds is 3. The monoisotopic (exact) mass is 315 g/mol. The molecule has 2 aromatic rings. The minimum atomic E-state index is -0.241. The van der Waals surface area contributed by atoms with Crippen LogP contribution in [0, 0.1) is 5.82 Å². The Kier molecular flexibility index (Phi) is 4.41. The lowest BCUT2D eigenvalue weighted by molar-refractivity contribution is 0.0746. The van der Waals surface area contributed by atoms with Crippen molar-refractivity contribution in [3.05, 3.63) is 54.0 Å². The number of carbonyl (C=O) groups excluding carboxylic acids is 1. The smallest absolute Gasteiger partial charge is 0.255 e. The van der Waals surface area contributed by atoms with Gasteiger partial charge in [0.1, 0.15) is 5.82 Å². The van der Waals surface area contributed by atoms with E-state index in [4.69, 9.17) is 4.74 Å². The maximum absolute atomic E-state index is 13.0. The van der Waals surface area contributed by atoms with E-state index in [-0.39, 0.29) is 11.7 Å². The Bertz CT molecular complexity index is 665. The van der Waals surface area contributed by atoms with Crippen LogP contribution >= 0.6 is 0 Å². The SMILES string of the molecule is COc1ccc(C(=O)N2CCN(c3ccc(F)cc3)CC2)cn1. The highest BCUT2D eigenvalue weighted by Crippen LogP contribution is 2.18. The molecular formula is C17H18FN3O2. The van der Waals surface area contributed by atoms with Crippen molar-refractivity contribution in [3.8, 4) is 5.88 Å². The Morgan fingerprint density at radius 2 is 1.78 bits per heavy atom. The number of amides is 1. The Labute approximate surface area is 134 Å². The lowest BCUT2D eigenvalue weighted by atomic mass is 10.2. The van der Waals surface area contributed by atoms with Gasteiger partial charge in [-0.25, -0.2) is 9.37 Å². The number of halogens is 1. The Hall–Kier alpha value is -2.63. The zero-order chi connectivity index (χ0) is 16.2. The molecular weight excluding hydrogens is 297 g/mol. The van der Waals surface area contributed by atoms with Crippen LogP contribution in [0.2, 0.25) is 0 Å². The maximum atomic E-state index is 13.0. The molecule has 2 heterocycles. The van der Waals surface area contributed by atoms with Crippen molar-refractivity contribution < 1.29 is 13.9 Å². The summed E-state index contributed by atoms with van der Waals surface area (Å²) in [7, 11) is 1.54. The van der Waals surface area contributed by atoms with Crippen LogP contribution in [0.25, 0.3) is 0 Å². The van der Waals surface area contributed by atoms with Crippen LogP contribution in [0.1, 0.15) is 10.4 Å². The lowest BCUT2D eigenvalue weighted by Gasteiger charge is -2.36. The van der Waals surface area contributed by atoms with E-state index in [1.807, 2.05) is 4.90 Å². The van der Waals surface area contributed by atoms with Gasteiger partial charge in [-0.2, -0.15) is 0 Å². The first-order chi connectivity index (χ1) is 11.2. The van der Waals surface area contributed by atoms with E-state index in [0.717, 1.165) is 18.8 Å². The average Bonchev–Trinajstić information content (AvgIpc) is 2.62. The van der Waals surface area contributed by atoms with Gasteiger partial charge >= 0.3 is 0 Å². The van der Waals surface area contributed by atoms with E-state index in [1.54, 1.807) is 31.4 Å². The number of aromatic nitrogens is 1.